The van der Waals surface area contributed by atoms with E-state index in [0.29, 0.717) is 5.56 Å². The first-order valence-corrected chi connectivity index (χ1v) is 4.09. The molecule has 0 aliphatic heterocycles. The maximum atomic E-state index is 13.2. The largest absolute Gasteiger partial charge is 0.321 e. The van der Waals surface area contributed by atoms with Crippen molar-refractivity contribution in [2.24, 2.45) is 5.73 Å². The van der Waals surface area contributed by atoms with Gasteiger partial charge in [0, 0.05) is 0 Å². The van der Waals surface area contributed by atoms with Gasteiger partial charge in [-0.25, -0.2) is 4.39 Å². The normalized spacial score (nSPS) is 12.6. The van der Waals surface area contributed by atoms with Gasteiger partial charge in [0.05, 0.1) is 11.6 Å². The molecule has 3 heteroatoms. The average molecular weight is 181 g/mol. The summed E-state index contributed by atoms with van der Waals surface area (Å²) in [5.74, 6) is -0.849. The Bertz CT molecular complexity index is 313. The molecule has 13 heavy (non-hydrogen) atoms. The van der Waals surface area contributed by atoms with Crippen molar-refractivity contribution in [3.8, 4) is 0 Å². The van der Waals surface area contributed by atoms with Gasteiger partial charge in [0.25, 0.3) is 0 Å². The topological polar surface area (TPSA) is 43.1 Å². The molecule has 2 N–H and O–H groups in total. The van der Waals surface area contributed by atoms with Crippen LogP contribution < -0.4 is 5.73 Å². The van der Waals surface area contributed by atoms with E-state index in [2.05, 4.69) is 0 Å². The van der Waals surface area contributed by atoms with E-state index in [1.54, 1.807) is 26.0 Å². The van der Waals surface area contributed by atoms with Crippen molar-refractivity contribution in [2.75, 3.05) is 0 Å². The third kappa shape index (κ3) is 1.92. The highest BCUT2D eigenvalue weighted by Crippen LogP contribution is 2.14. The van der Waals surface area contributed by atoms with Crippen molar-refractivity contribution in [1.29, 1.82) is 0 Å². The van der Waals surface area contributed by atoms with Crippen LogP contribution in [0.2, 0.25) is 0 Å². The van der Waals surface area contributed by atoms with Crippen molar-refractivity contribution < 1.29 is 9.18 Å². The Morgan fingerprint density at radius 2 is 2.15 bits per heavy atom. The fourth-order valence-corrected chi connectivity index (χ4v) is 1.17. The number of halogens is 1. The molecule has 70 valence electrons. The number of aryl methyl sites for hydroxylation is 1. The SMILES string of the molecule is Cc1cccc(F)c1C(=O)C(C)N. The van der Waals surface area contributed by atoms with Crippen molar-refractivity contribution in [2.45, 2.75) is 19.9 Å². The van der Waals surface area contributed by atoms with E-state index in [-0.39, 0.29) is 11.3 Å². The van der Waals surface area contributed by atoms with Crippen molar-refractivity contribution in [3.63, 3.8) is 0 Å². The second kappa shape index (κ2) is 3.66. The lowest BCUT2D eigenvalue weighted by Gasteiger charge is -2.08. The zero-order valence-corrected chi connectivity index (χ0v) is 7.67. The van der Waals surface area contributed by atoms with Crippen LogP contribution in [0.15, 0.2) is 18.2 Å². The van der Waals surface area contributed by atoms with Gasteiger partial charge in [-0.2, -0.15) is 0 Å². The molecule has 1 unspecified atom stereocenters. The number of ketones is 1. The summed E-state index contributed by atoms with van der Waals surface area (Å²) in [4.78, 5) is 11.4. The van der Waals surface area contributed by atoms with Gasteiger partial charge in [0.1, 0.15) is 5.82 Å². The lowest BCUT2D eigenvalue weighted by atomic mass is 10.0. The van der Waals surface area contributed by atoms with Crippen LogP contribution in [0.4, 0.5) is 4.39 Å². The van der Waals surface area contributed by atoms with Crippen LogP contribution in [-0.4, -0.2) is 11.8 Å². The molecule has 0 aliphatic carbocycles. The molecule has 0 heterocycles. The first kappa shape index (κ1) is 9.86. The zero-order chi connectivity index (χ0) is 10.0. The Kier molecular flexibility index (Phi) is 2.78. The molecule has 0 saturated carbocycles. The molecular weight excluding hydrogens is 169 g/mol. The van der Waals surface area contributed by atoms with Gasteiger partial charge in [-0.3, -0.25) is 4.79 Å². The molecular formula is C10H12FNO. The Hall–Kier alpha value is -1.22. The molecule has 1 aromatic rings. The highest BCUT2D eigenvalue weighted by atomic mass is 19.1. The predicted molar refractivity (Wildman–Crippen MR) is 49.1 cm³/mol. The number of hydrogen-bond acceptors (Lipinski definition) is 2. The molecule has 0 fully saturated rings. The third-order valence-electron chi connectivity index (χ3n) is 1.88. The highest BCUT2D eigenvalue weighted by Gasteiger charge is 2.17. The molecule has 0 spiro atoms. The number of benzene rings is 1. The number of carbonyl (C=O) groups is 1. The lowest BCUT2D eigenvalue weighted by molar-refractivity contribution is 0.0963. The summed E-state index contributed by atoms with van der Waals surface area (Å²) in [7, 11) is 0. The fraction of sp³-hybridized carbons (Fsp3) is 0.300. The van der Waals surface area contributed by atoms with Crippen molar-refractivity contribution >= 4 is 5.78 Å². The van der Waals surface area contributed by atoms with E-state index in [9.17, 15) is 9.18 Å². The average Bonchev–Trinajstić information content (AvgIpc) is 2.03. The summed E-state index contributed by atoms with van der Waals surface area (Å²) in [5, 5.41) is 0. The number of hydrogen-bond donors (Lipinski definition) is 1. The predicted octanol–water partition coefficient (Wildman–Crippen LogP) is 1.66. The standard InChI is InChI=1S/C10H12FNO/c1-6-4-3-5-8(11)9(6)10(13)7(2)12/h3-5,7H,12H2,1-2H3. The van der Waals surface area contributed by atoms with Crippen molar-refractivity contribution in [1.82, 2.24) is 0 Å². The second-order valence-corrected chi connectivity index (χ2v) is 3.08. The molecule has 2 nitrogen and oxygen atoms in total. The highest BCUT2D eigenvalue weighted by molar-refractivity contribution is 6.01. The Labute approximate surface area is 76.6 Å². The number of nitrogens with two attached hydrogens (primary N) is 1. The van der Waals surface area contributed by atoms with E-state index >= 15 is 0 Å². The van der Waals surface area contributed by atoms with Crippen LogP contribution in [0.3, 0.4) is 0 Å². The molecule has 0 amide bonds. The second-order valence-electron chi connectivity index (χ2n) is 3.08. The van der Waals surface area contributed by atoms with Gasteiger partial charge in [-0.1, -0.05) is 12.1 Å². The Morgan fingerprint density at radius 1 is 1.54 bits per heavy atom. The summed E-state index contributed by atoms with van der Waals surface area (Å²) in [6.07, 6.45) is 0. The molecule has 1 atom stereocenters. The van der Waals surface area contributed by atoms with Gasteiger partial charge in [-0.05, 0) is 25.5 Å². The Balaban J connectivity index is 3.20. The summed E-state index contributed by atoms with van der Waals surface area (Å²) in [6, 6.07) is 3.87. The number of rotatable bonds is 2. The van der Waals surface area contributed by atoms with E-state index < -0.39 is 11.9 Å². The van der Waals surface area contributed by atoms with Crippen LogP contribution >= 0.6 is 0 Å². The minimum Gasteiger partial charge on any atom is -0.321 e. The van der Waals surface area contributed by atoms with E-state index in [0.717, 1.165) is 0 Å². The zero-order valence-electron chi connectivity index (χ0n) is 7.67. The van der Waals surface area contributed by atoms with Gasteiger partial charge in [0.2, 0.25) is 0 Å². The van der Waals surface area contributed by atoms with Gasteiger partial charge < -0.3 is 5.73 Å². The van der Waals surface area contributed by atoms with Gasteiger partial charge >= 0.3 is 0 Å². The first-order chi connectivity index (χ1) is 6.04. The van der Waals surface area contributed by atoms with Gasteiger partial charge in [0.15, 0.2) is 5.78 Å². The van der Waals surface area contributed by atoms with Crippen LogP contribution in [0.1, 0.15) is 22.8 Å². The monoisotopic (exact) mass is 181 g/mol. The van der Waals surface area contributed by atoms with E-state index in [1.807, 2.05) is 0 Å². The molecule has 0 bridgehead atoms. The molecule has 1 rings (SSSR count). The first-order valence-electron chi connectivity index (χ1n) is 4.09. The fourth-order valence-electron chi connectivity index (χ4n) is 1.17. The molecule has 0 aromatic heterocycles. The van der Waals surface area contributed by atoms with E-state index in [1.165, 1.54) is 6.07 Å². The number of Topliss-reactive ketones (excluding diaryl/α,β-unsaturated/α-hetero) is 1. The van der Waals surface area contributed by atoms with Crippen LogP contribution in [0.5, 0.6) is 0 Å². The third-order valence-corrected chi connectivity index (χ3v) is 1.88. The quantitative estimate of drug-likeness (QED) is 0.705. The van der Waals surface area contributed by atoms with Crippen molar-refractivity contribution in [3.05, 3.63) is 35.1 Å². The van der Waals surface area contributed by atoms with E-state index in [4.69, 9.17) is 5.73 Å². The molecule has 0 radical (unpaired) electrons. The van der Waals surface area contributed by atoms with Crippen LogP contribution in [-0.2, 0) is 0 Å². The summed E-state index contributed by atoms with van der Waals surface area (Å²) in [6.45, 7) is 3.24. The maximum Gasteiger partial charge on any atom is 0.182 e. The van der Waals surface area contributed by atoms with Crippen LogP contribution in [0, 0.1) is 12.7 Å². The summed E-state index contributed by atoms with van der Waals surface area (Å²) in [5.41, 5.74) is 6.13. The Morgan fingerprint density at radius 3 is 2.62 bits per heavy atom. The minimum absolute atomic E-state index is 0.109. The summed E-state index contributed by atoms with van der Waals surface area (Å²) >= 11 is 0. The molecule has 1 aromatic carbocycles. The van der Waals surface area contributed by atoms with Crippen LogP contribution in [0.25, 0.3) is 0 Å². The maximum absolute atomic E-state index is 13.2. The minimum atomic E-state index is -0.657. The number of carbonyl (C=O) groups excluding carboxylic acids is 1. The van der Waals surface area contributed by atoms with Gasteiger partial charge in [-0.15, -0.1) is 0 Å². The smallest absolute Gasteiger partial charge is 0.182 e. The lowest BCUT2D eigenvalue weighted by Crippen LogP contribution is -2.28. The molecule has 0 aliphatic rings. The summed E-state index contributed by atoms with van der Waals surface area (Å²) < 4.78 is 13.2. The molecule has 0 saturated heterocycles.